The second-order valence-corrected chi connectivity index (χ2v) is 12.3. The molecule has 0 aromatic heterocycles. The summed E-state index contributed by atoms with van der Waals surface area (Å²) in [5.74, 6) is 1.05. The molecule has 1 heterocycles. The zero-order chi connectivity index (χ0) is 25.5. The van der Waals surface area contributed by atoms with Gasteiger partial charge >= 0.3 is 0 Å². The maximum Gasteiger partial charge on any atom is 0.128 e. The van der Waals surface area contributed by atoms with Gasteiger partial charge < -0.3 is 19.6 Å². The van der Waals surface area contributed by atoms with E-state index < -0.39 is 0 Å². The molecule has 4 heteroatoms. The number of ether oxygens (including phenoxy) is 1. The number of para-hydroxylation sites is 2. The fourth-order valence-corrected chi connectivity index (χ4v) is 6.18. The predicted molar refractivity (Wildman–Crippen MR) is 149 cm³/mol. The van der Waals surface area contributed by atoms with Gasteiger partial charge in [0.15, 0.2) is 0 Å². The second-order valence-electron chi connectivity index (χ2n) is 12.3. The summed E-state index contributed by atoms with van der Waals surface area (Å²) in [5, 5.41) is 11.4. The molecular formula is C32H40N2O2. The van der Waals surface area contributed by atoms with E-state index in [1.807, 2.05) is 0 Å². The number of benzene rings is 3. The molecule has 4 nitrogen and oxygen atoms in total. The first-order valence-electron chi connectivity index (χ1n) is 13.2. The number of aliphatic hydroxyl groups is 1. The molecule has 0 bridgehead atoms. The van der Waals surface area contributed by atoms with Crippen molar-refractivity contribution in [3.63, 3.8) is 0 Å². The van der Waals surface area contributed by atoms with E-state index >= 15 is 0 Å². The van der Waals surface area contributed by atoms with E-state index in [1.165, 1.54) is 16.9 Å². The average Bonchev–Trinajstić information content (AvgIpc) is 2.83. The Morgan fingerprint density at radius 1 is 0.806 bits per heavy atom. The van der Waals surface area contributed by atoms with Gasteiger partial charge in [0.1, 0.15) is 17.5 Å². The fourth-order valence-electron chi connectivity index (χ4n) is 6.18. The van der Waals surface area contributed by atoms with Crippen LogP contribution in [0.5, 0.6) is 5.75 Å². The van der Waals surface area contributed by atoms with Crippen LogP contribution >= 0.6 is 0 Å². The summed E-state index contributed by atoms with van der Waals surface area (Å²) >= 11 is 0. The summed E-state index contributed by atoms with van der Waals surface area (Å²) in [6, 6.07) is 30.2. The molecule has 2 fully saturated rings. The van der Waals surface area contributed by atoms with E-state index in [0.717, 1.165) is 25.1 Å². The Balaban J connectivity index is 1.64. The van der Waals surface area contributed by atoms with E-state index in [9.17, 15) is 5.11 Å². The molecule has 3 aromatic rings. The van der Waals surface area contributed by atoms with E-state index in [-0.39, 0.29) is 35.2 Å². The predicted octanol–water partition coefficient (Wildman–Crippen LogP) is 7.06. The molecule has 1 N–H and O–H groups in total. The average molecular weight is 485 g/mol. The third kappa shape index (κ3) is 5.10. The van der Waals surface area contributed by atoms with Crippen LogP contribution in [-0.2, 0) is 0 Å². The largest absolute Gasteiger partial charge is 0.488 e. The molecule has 5 rings (SSSR count). The maximum atomic E-state index is 11.4. The molecular weight excluding hydrogens is 444 g/mol. The van der Waals surface area contributed by atoms with Gasteiger partial charge in [-0.3, -0.25) is 0 Å². The third-order valence-electron chi connectivity index (χ3n) is 7.58. The normalized spacial score (nSPS) is 25.8. The van der Waals surface area contributed by atoms with Gasteiger partial charge in [-0.1, -0.05) is 62.4 Å². The van der Waals surface area contributed by atoms with Crippen molar-refractivity contribution in [1.29, 1.82) is 0 Å². The lowest BCUT2D eigenvalue weighted by atomic mass is 9.66. The van der Waals surface area contributed by atoms with Gasteiger partial charge in [0.25, 0.3) is 0 Å². The highest BCUT2D eigenvalue weighted by Crippen LogP contribution is 2.49. The Morgan fingerprint density at radius 2 is 1.39 bits per heavy atom. The Hall–Kier alpha value is -2.98. The van der Waals surface area contributed by atoms with Gasteiger partial charge in [0.2, 0.25) is 0 Å². The summed E-state index contributed by atoms with van der Waals surface area (Å²) in [6.45, 7) is 11.6. The van der Waals surface area contributed by atoms with Crippen LogP contribution < -0.4 is 14.5 Å². The summed E-state index contributed by atoms with van der Waals surface area (Å²) < 4.78 is 6.13. The van der Waals surface area contributed by atoms with Crippen LogP contribution in [0.4, 0.5) is 11.4 Å². The standard InChI is InChI=1S/C32H40N2O2/c1-31(2,3)36-26-18-16-23(17-19-26)30-33(24-12-8-6-9-13-24)22-27-28(20-32(4,5)21-29(27)35)34(30)25-14-10-7-11-15-25/h6-19,27-30,35H,20-22H2,1-5H3. The minimum atomic E-state index is -0.334. The molecule has 0 amide bonds. The first kappa shape index (κ1) is 24.7. The lowest BCUT2D eigenvalue weighted by molar-refractivity contribution is -0.00719. The number of hydrogen-bond acceptors (Lipinski definition) is 4. The Kier molecular flexibility index (Phi) is 6.50. The lowest BCUT2D eigenvalue weighted by Gasteiger charge is -2.59. The lowest BCUT2D eigenvalue weighted by Crippen LogP contribution is -2.63. The Bertz CT molecular complexity index is 1140. The first-order valence-corrected chi connectivity index (χ1v) is 13.2. The Labute approximate surface area is 216 Å². The van der Waals surface area contributed by atoms with Crippen molar-refractivity contribution >= 4 is 11.4 Å². The monoisotopic (exact) mass is 484 g/mol. The van der Waals surface area contributed by atoms with E-state index in [1.54, 1.807) is 0 Å². The quantitative estimate of drug-likeness (QED) is 0.430. The molecule has 0 spiro atoms. The van der Waals surface area contributed by atoms with E-state index in [4.69, 9.17) is 4.74 Å². The van der Waals surface area contributed by atoms with Gasteiger partial charge in [0.05, 0.1) is 6.10 Å². The number of anilines is 2. The molecule has 1 aliphatic heterocycles. The highest BCUT2D eigenvalue weighted by Gasteiger charge is 2.50. The molecule has 0 radical (unpaired) electrons. The zero-order valence-corrected chi connectivity index (χ0v) is 22.3. The van der Waals surface area contributed by atoms with E-state index in [2.05, 4.69) is 129 Å². The highest BCUT2D eigenvalue weighted by atomic mass is 16.5. The zero-order valence-electron chi connectivity index (χ0n) is 22.3. The fraction of sp³-hybridized carbons (Fsp3) is 0.438. The van der Waals surface area contributed by atoms with Crippen LogP contribution in [0, 0.1) is 11.3 Å². The van der Waals surface area contributed by atoms with Crippen molar-refractivity contribution in [2.24, 2.45) is 11.3 Å². The molecule has 1 saturated heterocycles. The van der Waals surface area contributed by atoms with Crippen molar-refractivity contribution in [1.82, 2.24) is 0 Å². The SMILES string of the molecule is CC1(C)CC(O)C2CN(c3ccccc3)C(c3ccc(OC(C)(C)C)cc3)N(c3ccccc3)C2C1. The molecule has 1 saturated carbocycles. The van der Waals surface area contributed by atoms with Crippen LogP contribution in [0.15, 0.2) is 84.9 Å². The summed E-state index contributed by atoms with van der Waals surface area (Å²) in [4.78, 5) is 5.06. The van der Waals surface area contributed by atoms with Crippen LogP contribution in [0.3, 0.4) is 0 Å². The number of fused-ring (bicyclic) bond motifs is 1. The number of hydrogen-bond donors (Lipinski definition) is 1. The van der Waals surface area contributed by atoms with Crippen LogP contribution in [-0.4, -0.2) is 29.4 Å². The smallest absolute Gasteiger partial charge is 0.128 e. The minimum Gasteiger partial charge on any atom is -0.488 e. The molecule has 4 unspecified atom stereocenters. The van der Waals surface area contributed by atoms with Crippen LogP contribution in [0.2, 0.25) is 0 Å². The van der Waals surface area contributed by atoms with Crippen molar-refractivity contribution in [3.8, 4) is 5.75 Å². The molecule has 36 heavy (non-hydrogen) atoms. The summed E-state index contributed by atoms with van der Waals surface area (Å²) in [5.41, 5.74) is 3.43. The molecule has 3 aromatic carbocycles. The maximum absolute atomic E-state index is 11.4. The minimum absolute atomic E-state index is 0.000775. The first-order chi connectivity index (χ1) is 17.1. The van der Waals surface area contributed by atoms with Crippen LogP contribution in [0.1, 0.15) is 59.2 Å². The van der Waals surface area contributed by atoms with Crippen molar-refractivity contribution < 1.29 is 9.84 Å². The van der Waals surface area contributed by atoms with Crippen LogP contribution in [0.25, 0.3) is 0 Å². The van der Waals surface area contributed by atoms with Gasteiger partial charge in [-0.05, 0) is 81.0 Å². The van der Waals surface area contributed by atoms with Crippen molar-refractivity contribution in [2.75, 3.05) is 16.3 Å². The molecule has 190 valence electrons. The summed E-state index contributed by atoms with van der Waals surface area (Å²) in [6.07, 6.45) is 1.55. The summed E-state index contributed by atoms with van der Waals surface area (Å²) in [7, 11) is 0. The third-order valence-corrected chi connectivity index (χ3v) is 7.58. The molecule has 4 atom stereocenters. The number of aliphatic hydroxyl groups excluding tert-OH is 1. The van der Waals surface area contributed by atoms with Gasteiger partial charge in [-0.25, -0.2) is 0 Å². The number of nitrogens with zero attached hydrogens (tertiary/aromatic N) is 2. The van der Waals surface area contributed by atoms with Gasteiger partial charge in [-0.15, -0.1) is 0 Å². The van der Waals surface area contributed by atoms with Gasteiger partial charge in [-0.2, -0.15) is 0 Å². The second kappa shape index (κ2) is 9.48. The molecule has 1 aliphatic carbocycles. The topological polar surface area (TPSA) is 35.9 Å². The highest BCUT2D eigenvalue weighted by molar-refractivity contribution is 5.59. The number of rotatable bonds is 4. The Morgan fingerprint density at radius 3 is 1.97 bits per heavy atom. The molecule has 2 aliphatic rings. The van der Waals surface area contributed by atoms with Crippen molar-refractivity contribution in [2.45, 2.75) is 71.4 Å². The van der Waals surface area contributed by atoms with E-state index in [0.29, 0.717) is 0 Å². The van der Waals surface area contributed by atoms with Crippen molar-refractivity contribution in [3.05, 3.63) is 90.5 Å². The van der Waals surface area contributed by atoms with Gasteiger partial charge in [0, 0.05) is 29.9 Å².